The zero-order chi connectivity index (χ0) is 13.2. The topological polar surface area (TPSA) is 43.6 Å². The van der Waals surface area contributed by atoms with Crippen molar-refractivity contribution in [3.63, 3.8) is 0 Å². The van der Waals surface area contributed by atoms with Crippen molar-refractivity contribution in [1.29, 1.82) is 0 Å². The molecular weight excluding hydrogens is 260 g/mol. The Morgan fingerprint density at radius 1 is 1.42 bits per heavy atom. The molecule has 0 aliphatic heterocycles. The van der Waals surface area contributed by atoms with Crippen LogP contribution in [0.5, 0.6) is 0 Å². The average Bonchev–Trinajstić information content (AvgIpc) is 3.08. The number of fused-ring (bicyclic) bond motifs is 1. The van der Waals surface area contributed by atoms with Crippen LogP contribution in [-0.4, -0.2) is 22.5 Å². The van der Waals surface area contributed by atoms with Gasteiger partial charge in [-0.1, -0.05) is 6.07 Å². The lowest BCUT2D eigenvalue weighted by molar-refractivity contribution is 0.0600. The van der Waals surface area contributed by atoms with Crippen LogP contribution in [-0.2, 0) is 11.2 Å². The van der Waals surface area contributed by atoms with Crippen molar-refractivity contribution in [1.82, 2.24) is 9.38 Å². The van der Waals surface area contributed by atoms with Gasteiger partial charge in [0.2, 0.25) is 0 Å². The van der Waals surface area contributed by atoms with Gasteiger partial charge in [0.15, 0.2) is 0 Å². The number of nitrogens with zero attached hydrogens (tertiary/aromatic N) is 2. The van der Waals surface area contributed by atoms with E-state index < -0.39 is 0 Å². The highest BCUT2D eigenvalue weighted by atomic mass is 32.1. The lowest BCUT2D eigenvalue weighted by Crippen LogP contribution is -2.04. The largest absolute Gasteiger partial charge is 0.465 e. The standard InChI is InChI=1S/C14H12N2O2S/c1-18-14(17)10-4-5-11-8-15-13(16(11)9-10)7-12-3-2-6-19-12/h2-6,8-9H,7H2,1H3. The first-order chi connectivity index (χ1) is 9.28. The maximum atomic E-state index is 11.6. The van der Waals surface area contributed by atoms with Gasteiger partial charge in [0.1, 0.15) is 5.82 Å². The van der Waals surface area contributed by atoms with Crippen molar-refractivity contribution in [2.24, 2.45) is 0 Å². The summed E-state index contributed by atoms with van der Waals surface area (Å²) in [4.78, 5) is 17.2. The Labute approximate surface area is 114 Å². The number of carbonyl (C=O) groups is 1. The number of pyridine rings is 1. The molecular formula is C14H12N2O2S. The number of ether oxygens (including phenoxy) is 1. The van der Waals surface area contributed by atoms with E-state index in [0.29, 0.717) is 5.56 Å². The molecule has 5 heteroatoms. The Kier molecular flexibility index (Phi) is 3.05. The van der Waals surface area contributed by atoms with Gasteiger partial charge in [-0.15, -0.1) is 11.3 Å². The van der Waals surface area contributed by atoms with Crippen LogP contribution in [0.2, 0.25) is 0 Å². The molecule has 3 aromatic rings. The Morgan fingerprint density at radius 2 is 2.32 bits per heavy atom. The highest BCUT2D eigenvalue weighted by Gasteiger charge is 2.10. The number of thiophene rings is 1. The molecule has 0 saturated carbocycles. The third kappa shape index (κ3) is 2.24. The average molecular weight is 272 g/mol. The van der Waals surface area contributed by atoms with E-state index in [1.54, 1.807) is 23.6 Å². The molecule has 0 fully saturated rings. The molecule has 19 heavy (non-hydrogen) atoms. The highest BCUT2D eigenvalue weighted by Crippen LogP contribution is 2.16. The maximum Gasteiger partial charge on any atom is 0.339 e. The second-order valence-electron chi connectivity index (χ2n) is 4.13. The SMILES string of the molecule is COC(=O)c1ccc2cnc(Cc3cccs3)n2c1. The summed E-state index contributed by atoms with van der Waals surface area (Å²) in [6.07, 6.45) is 4.34. The molecule has 0 radical (unpaired) electrons. The number of imidazole rings is 1. The molecule has 4 nitrogen and oxygen atoms in total. The molecule has 3 rings (SSSR count). The summed E-state index contributed by atoms with van der Waals surface area (Å²) in [5.41, 5.74) is 1.50. The Balaban J connectivity index is 2.03. The van der Waals surface area contributed by atoms with E-state index in [0.717, 1.165) is 17.8 Å². The van der Waals surface area contributed by atoms with Crippen LogP contribution in [0.4, 0.5) is 0 Å². The molecule has 3 heterocycles. The van der Waals surface area contributed by atoms with E-state index in [-0.39, 0.29) is 5.97 Å². The Morgan fingerprint density at radius 3 is 3.05 bits per heavy atom. The molecule has 0 spiro atoms. The van der Waals surface area contributed by atoms with Crippen molar-refractivity contribution >= 4 is 22.8 Å². The minimum atomic E-state index is -0.335. The summed E-state index contributed by atoms with van der Waals surface area (Å²) in [5.74, 6) is 0.584. The first-order valence-corrected chi connectivity index (χ1v) is 6.72. The number of aromatic nitrogens is 2. The van der Waals surface area contributed by atoms with E-state index in [1.165, 1.54) is 12.0 Å². The number of hydrogen-bond acceptors (Lipinski definition) is 4. The fourth-order valence-electron chi connectivity index (χ4n) is 1.98. The van der Waals surface area contributed by atoms with Crippen LogP contribution in [0.1, 0.15) is 21.1 Å². The fraction of sp³-hybridized carbons (Fsp3) is 0.143. The van der Waals surface area contributed by atoms with Crippen molar-refractivity contribution < 1.29 is 9.53 Å². The van der Waals surface area contributed by atoms with Crippen molar-refractivity contribution in [3.8, 4) is 0 Å². The fourth-order valence-corrected chi connectivity index (χ4v) is 2.68. The summed E-state index contributed by atoms with van der Waals surface area (Å²) in [7, 11) is 1.38. The molecule has 0 bridgehead atoms. The molecule has 0 N–H and O–H groups in total. The molecule has 0 aliphatic carbocycles. The Bertz CT molecular complexity index is 716. The number of rotatable bonds is 3. The van der Waals surface area contributed by atoms with E-state index in [2.05, 4.69) is 11.1 Å². The molecule has 0 aromatic carbocycles. The van der Waals surface area contributed by atoms with E-state index in [1.807, 2.05) is 28.1 Å². The maximum absolute atomic E-state index is 11.6. The minimum absolute atomic E-state index is 0.335. The smallest absolute Gasteiger partial charge is 0.339 e. The second kappa shape index (κ2) is 4.85. The minimum Gasteiger partial charge on any atom is -0.465 e. The van der Waals surface area contributed by atoms with Crippen molar-refractivity contribution in [2.75, 3.05) is 7.11 Å². The van der Waals surface area contributed by atoms with Gasteiger partial charge in [-0.3, -0.25) is 0 Å². The second-order valence-corrected chi connectivity index (χ2v) is 5.17. The number of carbonyl (C=O) groups excluding carboxylic acids is 1. The summed E-state index contributed by atoms with van der Waals surface area (Å²) in [6.45, 7) is 0. The van der Waals surface area contributed by atoms with E-state index in [4.69, 9.17) is 4.74 Å². The highest BCUT2D eigenvalue weighted by molar-refractivity contribution is 7.09. The lowest BCUT2D eigenvalue weighted by Gasteiger charge is -2.03. The number of hydrogen-bond donors (Lipinski definition) is 0. The molecule has 96 valence electrons. The van der Waals surface area contributed by atoms with Crippen LogP contribution < -0.4 is 0 Å². The molecule has 0 atom stereocenters. The van der Waals surface area contributed by atoms with Crippen LogP contribution >= 0.6 is 11.3 Å². The molecule has 0 saturated heterocycles. The summed E-state index contributed by atoms with van der Waals surface area (Å²) in [6, 6.07) is 7.72. The van der Waals surface area contributed by atoms with Gasteiger partial charge in [-0.2, -0.15) is 0 Å². The third-order valence-electron chi connectivity index (χ3n) is 2.94. The van der Waals surface area contributed by atoms with Gasteiger partial charge in [-0.05, 0) is 23.6 Å². The van der Waals surface area contributed by atoms with Gasteiger partial charge in [0.05, 0.1) is 24.4 Å². The summed E-state index contributed by atoms with van der Waals surface area (Å²) < 4.78 is 6.67. The molecule has 3 aromatic heterocycles. The van der Waals surface area contributed by atoms with Crippen LogP contribution in [0, 0.1) is 0 Å². The van der Waals surface area contributed by atoms with Gasteiger partial charge in [0.25, 0.3) is 0 Å². The first-order valence-electron chi connectivity index (χ1n) is 5.84. The summed E-state index contributed by atoms with van der Waals surface area (Å²) >= 11 is 1.70. The molecule has 0 unspecified atom stereocenters. The van der Waals surface area contributed by atoms with Gasteiger partial charge >= 0.3 is 5.97 Å². The normalized spacial score (nSPS) is 10.8. The van der Waals surface area contributed by atoms with Crippen LogP contribution in [0.15, 0.2) is 42.0 Å². The Hall–Kier alpha value is -2.14. The molecule has 0 aliphatic rings. The number of esters is 1. The lowest BCUT2D eigenvalue weighted by atomic mass is 10.2. The van der Waals surface area contributed by atoms with E-state index >= 15 is 0 Å². The predicted octanol–water partition coefficient (Wildman–Crippen LogP) is 2.77. The third-order valence-corrected chi connectivity index (χ3v) is 3.81. The number of methoxy groups -OCH3 is 1. The van der Waals surface area contributed by atoms with Gasteiger partial charge in [-0.25, -0.2) is 9.78 Å². The first kappa shape index (κ1) is 11.9. The molecule has 0 amide bonds. The van der Waals surface area contributed by atoms with Gasteiger partial charge < -0.3 is 9.14 Å². The van der Waals surface area contributed by atoms with Crippen LogP contribution in [0.3, 0.4) is 0 Å². The van der Waals surface area contributed by atoms with Gasteiger partial charge in [0, 0.05) is 17.5 Å². The van der Waals surface area contributed by atoms with E-state index in [9.17, 15) is 4.79 Å². The zero-order valence-corrected chi connectivity index (χ0v) is 11.2. The van der Waals surface area contributed by atoms with Crippen molar-refractivity contribution in [3.05, 3.63) is 58.3 Å². The quantitative estimate of drug-likeness (QED) is 0.689. The predicted molar refractivity (Wildman–Crippen MR) is 73.7 cm³/mol. The monoisotopic (exact) mass is 272 g/mol. The van der Waals surface area contributed by atoms with Crippen LogP contribution in [0.25, 0.3) is 5.52 Å². The zero-order valence-electron chi connectivity index (χ0n) is 10.4. The summed E-state index contributed by atoms with van der Waals surface area (Å²) in [5, 5.41) is 2.05. The van der Waals surface area contributed by atoms with Crippen molar-refractivity contribution in [2.45, 2.75) is 6.42 Å².